The van der Waals surface area contributed by atoms with Crippen molar-refractivity contribution in [2.45, 2.75) is 0 Å². The van der Waals surface area contributed by atoms with Crippen molar-refractivity contribution < 1.29 is 26.7 Å². The van der Waals surface area contributed by atoms with Gasteiger partial charge in [0.1, 0.15) is 16.7 Å². The Hall–Kier alpha value is -4.82. The Bertz CT molecular complexity index is 2710. The highest BCUT2D eigenvalue weighted by Gasteiger charge is 2.18. The second kappa shape index (κ2) is 7.34. The molecule has 2 aromatic heterocycles. The monoisotopic (exact) mass is 473 g/mol. The fraction of sp³-hybridized carbons (Fsp3) is 0. The van der Waals surface area contributed by atoms with Crippen molar-refractivity contribution >= 4 is 54.5 Å². The van der Waals surface area contributed by atoms with Crippen molar-refractivity contribution in [3.63, 3.8) is 0 Å². The summed E-state index contributed by atoms with van der Waals surface area (Å²) in [7, 11) is 0. The van der Waals surface area contributed by atoms with Gasteiger partial charge in [-0.3, -0.25) is 0 Å². The van der Waals surface area contributed by atoms with Gasteiger partial charge in [0.25, 0.3) is 0 Å². The first kappa shape index (κ1) is 10.8. The zero-order chi connectivity index (χ0) is 35.0. The summed E-state index contributed by atoms with van der Waals surface area (Å²) in [4.78, 5) is 0. The van der Waals surface area contributed by atoms with Crippen LogP contribution in [0.1, 0.15) is 17.8 Å². The Morgan fingerprint density at radius 3 is 1.78 bits per heavy atom. The molecule has 8 aromatic rings. The van der Waals surface area contributed by atoms with E-state index in [1.165, 1.54) is 0 Å². The first-order valence-corrected chi connectivity index (χ1v) is 11.1. The van der Waals surface area contributed by atoms with Crippen LogP contribution in [0.15, 0.2) is 130 Å². The van der Waals surface area contributed by atoms with Gasteiger partial charge in [0.2, 0.25) is 0 Å². The number of hydrogen-bond donors (Lipinski definition) is 0. The van der Waals surface area contributed by atoms with Gasteiger partial charge in [-0.25, -0.2) is 0 Å². The highest BCUT2D eigenvalue weighted by atomic mass is 16.3. The Labute approximate surface area is 225 Å². The predicted molar refractivity (Wildman–Crippen MR) is 149 cm³/mol. The first-order chi connectivity index (χ1) is 23.2. The van der Waals surface area contributed by atoms with E-state index in [1.807, 2.05) is 6.07 Å². The zero-order valence-corrected chi connectivity index (χ0v) is 18.4. The van der Waals surface area contributed by atoms with E-state index in [-0.39, 0.29) is 32.7 Å². The Balaban J connectivity index is 1.67. The third-order valence-electron chi connectivity index (χ3n) is 6.46. The van der Waals surface area contributed by atoms with E-state index in [4.69, 9.17) is 26.7 Å². The zero-order valence-electron chi connectivity index (χ0n) is 31.4. The SMILES string of the molecule is [2H]c1c([2H])c([2H])c(-c2c3c([2H])c([2H])c([2H])c([2H])c3c(-c3ccc4oc5cc6ccoc6cc5c4c3)c3c([2H])c([2H])c([2H])c([2H])c23)c([2H])c1[2H]. The molecule has 0 bridgehead atoms. The minimum Gasteiger partial charge on any atom is -0.464 e. The van der Waals surface area contributed by atoms with Crippen LogP contribution in [0.5, 0.6) is 0 Å². The minimum atomic E-state index is -0.717. The summed E-state index contributed by atoms with van der Waals surface area (Å²) in [5.41, 5.74) is 1.24. The summed E-state index contributed by atoms with van der Waals surface area (Å²) in [6, 6.07) is 2.00. The van der Waals surface area contributed by atoms with E-state index in [0.717, 1.165) is 5.39 Å². The van der Waals surface area contributed by atoms with Crippen molar-refractivity contribution in [2.75, 3.05) is 0 Å². The van der Waals surface area contributed by atoms with Gasteiger partial charge in [0.05, 0.1) is 24.1 Å². The molecular weight excluding hydrogens is 440 g/mol. The molecule has 0 spiro atoms. The third kappa shape index (κ3) is 2.73. The fourth-order valence-corrected chi connectivity index (χ4v) is 4.93. The predicted octanol–water partition coefficient (Wildman–Crippen LogP) is 9.97. The molecule has 0 unspecified atom stereocenters. The maximum Gasteiger partial charge on any atom is 0.136 e. The molecule has 2 heterocycles. The maximum absolute atomic E-state index is 9.12. The lowest BCUT2D eigenvalue weighted by Crippen LogP contribution is -1.90. The molecule has 0 atom stereocenters. The Morgan fingerprint density at radius 1 is 0.472 bits per heavy atom. The standard InChI is InChI=1S/C34H20O2/c1-2-8-21(9-3-1)33-24-10-4-6-12-26(24)34(27-13-7-5-11-25(27)33)23-14-15-30-28(18-23)29-20-31-22(16-17-35-31)19-32(29)36-30/h1-20H/i1D,2D,3D,4D,5D,6D,7D,8D,9D,10D,11D,12D,13D. The molecule has 0 amide bonds. The number of rotatable bonds is 2. The van der Waals surface area contributed by atoms with E-state index in [1.54, 1.807) is 36.6 Å². The molecular formula is C34H20O2. The molecule has 0 radical (unpaired) electrons. The molecule has 0 N–H and O–H groups in total. The Morgan fingerprint density at radius 2 is 1.08 bits per heavy atom. The molecule has 168 valence electrons. The summed E-state index contributed by atoms with van der Waals surface area (Å²) in [6.07, 6.45) is 1.55. The van der Waals surface area contributed by atoms with Crippen LogP contribution < -0.4 is 0 Å². The molecule has 6 aromatic carbocycles. The van der Waals surface area contributed by atoms with Crippen LogP contribution in [-0.2, 0) is 0 Å². The summed E-state index contributed by atoms with van der Waals surface area (Å²) < 4.78 is 125. The van der Waals surface area contributed by atoms with Crippen LogP contribution in [0.3, 0.4) is 0 Å². The van der Waals surface area contributed by atoms with E-state index in [2.05, 4.69) is 0 Å². The fourth-order valence-electron chi connectivity index (χ4n) is 4.93. The van der Waals surface area contributed by atoms with Gasteiger partial charge in [0, 0.05) is 16.2 Å². The average molecular weight is 474 g/mol. The van der Waals surface area contributed by atoms with Gasteiger partial charge in [0.15, 0.2) is 0 Å². The van der Waals surface area contributed by atoms with Crippen LogP contribution in [0.25, 0.3) is 76.7 Å². The van der Waals surface area contributed by atoms with Gasteiger partial charge in [-0.15, -0.1) is 0 Å². The van der Waals surface area contributed by atoms with Crippen LogP contribution in [0, 0.1) is 0 Å². The molecule has 0 aliphatic heterocycles. The summed E-state index contributed by atoms with van der Waals surface area (Å²) in [6.45, 7) is 0. The smallest absolute Gasteiger partial charge is 0.136 e. The molecule has 0 saturated heterocycles. The van der Waals surface area contributed by atoms with Gasteiger partial charge < -0.3 is 8.83 Å². The largest absolute Gasteiger partial charge is 0.464 e. The lowest BCUT2D eigenvalue weighted by atomic mass is 9.86. The molecule has 2 heteroatoms. The Kier molecular flexibility index (Phi) is 2.21. The second-order valence-electron chi connectivity index (χ2n) is 8.37. The van der Waals surface area contributed by atoms with Gasteiger partial charge in [-0.05, 0) is 74.1 Å². The number of furan rings is 2. The van der Waals surface area contributed by atoms with Crippen molar-refractivity contribution in [3.05, 3.63) is 121 Å². The van der Waals surface area contributed by atoms with Crippen LogP contribution in [0.4, 0.5) is 0 Å². The lowest BCUT2D eigenvalue weighted by molar-refractivity contribution is 0.616. The van der Waals surface area contributed by atoms with Gasteiger partial charge >= 0.3 is 0 Å². The minimum absolute atomic E-state index is 0.0513. The average Bonchev–Trinajstić information content (AvgIpc) is 3.70. The van der Waals surface area contributed by atoms with Gasteiger partial charge in [-0.1, -0.05) is 84.6 Å². The molecule has 0 saturated carbocycles. The summed E-state index contributed by atoms with van der Waals surface area (Å²) >= 11 is 0. The molecule has 8 rings (SSSR count). The van der Waals surface area contributed by atoms with Crippen LogP contribution in [-0.4, -0.2) is 0 Å². The topological polar surface area (TPSA) is 26.3 Å². The molecule has 0 aliphatic rings. The van der Waals surface area contributed by atoms with Crippen LogP contribution in [0.2, 0.25) is 0 Å². The quantitative estimate of drug-likeness (QED) is 0.233. The van der Waals surface area contributed by atoms with Crippen molar-refractivity contribution in [2.24, 2.45) is 0 Å². The highest BCUT2D eigenvalue weighted by molar-refractivity contribution is 6.22. The normalized spacial score (nSPS) is 16.9. The highest BCUT2D eigenvalue weighted by Crippen LogP contribution is 2.44. The van der Waals surface area contributed by atoms with Crippen LogP contribution >= 0.6 is 0 Å². The number of hydrogen-bond acceptors (Lipinski definition) is 2. The number of fused-ring (bicyclic) bond motifs is 6. The lowest BCUT2D eigenvalue weighted by Gasteiger charge is -2.17. The summed E-state index contributed by atoms with van der Waals surface area (Å²) in [5, 5.41) is 1.28. The van der Waals surface area contributed by atoms with E-state index < -0.39 is 84.1 Å². The van der Waals surface area contributed by atoms with Crippen molar-refractivity contribution in [1.82, 2.24) is 0 Å². The van der Waals surface area contributed by atoms with E-state index in [9.17, 15) is 0 Å². The van der Waals surface area contributed by atoms with Gasteiger partial charge in [-0.2, -0.15) is 0 Å². The second-order valence-corrected chi connectivity index (χ2v) is 8.37. The number of benzene rings is 6. The summed E-state index contributed by atoms with van der Waals surface area (Å²) in [5.74, 6) is 0. The van der Waals surface area contributed by atoms with E-state index in [0.29, 0.717) is 33.1 Å². The first-order valence-electron chi connectivity index (χ1n) is 17.6. The molecule has 2 nitrogen and oxygen atoms in total. The van der Waals surface area contributed by atoms with Crippen molar-refractivity contribution in [3.8, 4) is 22.3 Å². The van der Waals surface area contributed by atoms with E-state index >= 15 is 0 Å². The third-order valence-corrected chi connectivity index (χ3v) is 6.46. The van der Waals surface area contributed by atoms with Crippen molar-refractivity contribution in [1.29, 1.82) is 0 Å². The molecule has 0 fully saturated rings. The maximum atomic E-state index is 9.12. The molecule has 0 aliphatic carbocycles. The molecule has 36 heavy (non-hydrogen) atoms.